The molecule has 2 atom stereocenters. The van der Waals surface area contributed by atoms with Crippen molar-refractivity contribution in [2.24, 2.45) is 5.92 Å². The van der Waals surface area contributed by atoms with Crippen LogP contribution in [0.2, 0.25) is 0 Å². The summed E-state index contributed by atoms with van der Waals surface area (Å²) in [6.07, 6.45) is 0.826. The summed E-state index contributed by atoms with van der Waals surface area (Å²) in [7, 11) is 0. The first-order chi connectivity index (χ1) is 11.6. The normalized spacial score (nSPS) is 21.0. The standard InChI is InChI=1S/C17H17FN2O3S/c18-13-4-2-1-3-11(13)7-8-20-15(21)6-5-12(17(22)23)16(20)14-9-24-10-19-14/h1-4,9-10,12,16H,5-8H2,(H,22,23). The summed E-state index contributed by atoms with van der Waals surface area (Å²) >= 11 is 1.37. The van der Waals surface area contributed by atoms with Gasteiger partial charge in [0.15, 0.2) is 0 Å². The third kappa shape index (κ3) is 3.31. The van der Waals surface area contributed by atoms with E-state index < -0.39 is 17.9 Å². The molecule has 1 aliphatic heterocycles. The van der Waals surface area contributed by atoms with Crippen molar-refractivity contribution in [1.29, 1.82) is 0 Å². The highest BCUT2D eigenvalue weighted by molar-refractivity contribution is 7.07. The van der Waals surface area contributed by atoms with Gasteiger partial charge in [-0.2, -0.15) is 0 Å². The Kier molecular flexibility index (Phi) is 4.89. The molecule has 2 aromatic rings. The summed E-state index contributed by atoms with van der Waals surface area (Å²) in [5, 5.41) is 11.3. The number of piperidine rings is 1. The number of hydrogen-bond donors (Lipinski definition) is 1. The molecule has 24 heavy (non-hydrogen) atoms. The van der Waals surface area contributed by atoms with E-state index in [1.807, 2.05) is 0 Å². The molecule has 7 heteroatoms. The molecular formula is C17H17FN2O3S. The average molecular weight is 348 g/mol. The molecule has 1 aliphatic rings. The van der Waals surface area contributed by atoms with E-state index in [-0.39, 0.29) is 24.7 Å². The molecule has 0 saturated carbocycles. The Balaban J connectivity index is 1.85. The van der Waals surface area contributed by atoms with Crippen LogP contribution < -0.4 is 0 Å². The Morgan fingerprint density at radius 1 is 1.42 bits per heavy atom. The number of carbonyl (C=O) groups excluding carboxylic acids is 1. The lowest BCUT2D eigenvalue weighted by molar-refractivity contribution is -0.152. The maximum absolute atomic E-state index is 13.8. The summed E-state index contributed by atoms with van der Waals surface area (Å²) in [5.74, 6) is -2.05. The van der Waals surface area contributed by atoms with Crippen LogP contribution in [0.4, 0.5) is 4.39 Å². The number of likely N-dealkylation sites (tertiary alicyclic amines) is 1. The van der Waals surface area contributed by atoms with E-state index in [0.717, 1.165) is 0 Å². The fraction of sp³-hybridized carbons (Fsp3) is 0.353. The van der Waals surface area contributed by atoms with E-state index in [0.29, 0.717) is 24.1 Å². The van der Waals surface area contributed by atoms with Gasteiger partial charge in [0.25, 0.3) is 0 Å². The number of hydrogen-bond acceptors (Lipinski definition) is 4. The van der Waals surface area contributed by atoms with Gasteiger partial charge in [-0.25, -0.2) is 9.37 Å². The van der Waals surface area contributed by atoms with Gasteiger partial charge in [-0.1, -0.05) is 18.2 Å². The van der Waals surface area contributed by atoms with Gasteiger partial charge in [-0.15, -0.1) is 11.3 Å². The van der Waals surface area contributed by atoms with Gasteiger partial charge in [0.05, 0.1) is 23.2 Å². The quantitative estimate of drug-likeness (QED) is 0.902. The van der Waals surface area contributed by atoms with E-state index in [9.17, 15) is 19.1 Å². The zero-order valence-electron chi connectivity index (χ0n) is 12.9. The molecule has 0 aliphatic carbocycles. The van der Waals surface area contributed by atoms with Crippen LogP contribution in [0, 0.1) is 11.7 Å². The van der Waals surface area contributed by atoms with Crippen molar-refractivity contribution in [3.8, 4) is 0 Å². The monoisotopic (exact) mass is 348 g/mol. The van der Waals surface area contributed by atoms with E-state index in [4.69, 9.17) is 0 Å². The number of carboxylic acid groups (broad SMARTS) is 1. The van der Waals surface area contributed by atoms with E-state index >= 15 is 0 Å². The zero-order chi connectivity index (χ0) is 17.1. The molecule has 5 nitrogen and oxygen atoms in total. The highest BCUT2D eigenvalue weighted by atomic mass is 32.1. The molecule has 1 fully saturated rings. The summed E-state index contributed by atoms with van der Waals surface area (Å²) in [6, 6.07) is 5.82. The van der Waals surface area contributed by atoms with Crippen molar-refractivity contribution in [3.05, 3.63) is 52.2 Å². The van der Waals surface area contributed by atoms with Crippen LogP contribution in [0.1, 0.15) is 30.1 Å². The Morgan fingerprint density at radius 3 is 2.88 bits per heavy atom. The van der Waals surface area contributed by atoms with Crippen molar-refractivity contribution in [3.63, 3.8) is 0 Å². The van der Waals surface area contributed by atoms with Crippen LogP contribution in [0.5, 0.6) is 0 Å². The van der Waals surface area contributed by atoms with Crippen molar-refractivity contribution in [2.75, 3.05) is 6.54 Å². The van der Waals surface area contributed by atoms with E-state index in [1.54, 1.807) is 34.0 Å². The third-order valence-electron chi connectivity index (χ3n) is 4.36. The smallest absolute Gasteiger partial charge is 0.309 e. The molecular weight excluding hydrogens is 331 g/mol. The molecule has 1 N–H and O–H groups in total. The molecule has 1 aromatic carbocycles. The number of aromatic nitrogens is 1. The van der Waals surface area contributed by atoms with Crippen LogP contribution in [0.15, 0.2) is 35.2 Å². The minimum atomic E-state index is -0.934. The highest BCUT2D eigenvalue weighted by Gasteiger charge is 2.41. The molecule has 1 amide bonds. The number of amides is 1. The van der Waals surface area contributed by atoms with Gasteiger partial charge in [0, 0.05) is 18.3 Å². The van der Waals surface area contributed by atoms with Crippen LogP contribution in [-0.4, -0.2) is 33.4 Å². The van der Waals surface area contributed by atoms with Crippen molar-refractivity contribution in [2.45, 2.75) is 25.3 Å². The van der Waals surface area contributed by atoms with Gasteiger partial charge in [0.2, 0.25) is 5.91 Å². The van der Waals surface area contributed by atoms with Gasteiger partial charge in [-0.3, -0.25) is 9.59 Å². The van der Waals surface area contributed by atoms with E-state index in [2.05, 4.69) is 4.98 Å². The van der Waals surface area contributed by atoms with Crippen LogP contribution in [0.25, 0.3) is 0 Å². The van der Waals surface area contributed by atoms with Crippen molar-refractivity contribution >= 4 is 23.2 Å². The lowest BCUT2D eigenvalue weighted by Crippen LogP contribution is -2.46. The Labute approximate surface area is 142 Å². The van der Waals surface area contributed by atoms with Crippen molar-refractivity contribution < 1.29 is 19.1 Å². The molecule has 0 radical (unpaired) electrons. The Hall–Kier alpha value is -2.28. The van der Waals surface area contributed by atoms with Gasteiger partial charge in [0.1, 0.15) is 5.82 Å². The molecule has 2 heterocycles. The van der Waals surface area contributed by atoms with E-state index in [1.165, 1.54) is 17.4 Å². The second kappa shape index (κ2) is 7.09. The number of nitrogens with zero attached hydrogens (tertiary/aromatic N) is 2. The zero-order valence-corrected chi connectivity index (χ0v) is 13.7. The molecule has 1 aromatic heterocycles. The number of thiazole rings is 1. The minimum absolute atomic E-state index is 0.109. The molecule has 1 saturated heterocycles. The second-order valence-corrected chi connectivity index (χ2v) is 6.49. The van der Waals surface area contributed by atoms with Crippen molar-refractivity contribution in [1.82, 2.24) is 9.88 Å². The summed E-state index contributed by atoms with van der Waals surface area (Å²) in [5.41, 5.74) is 2.73. The third-order valence-corrected chi connectivity index (χ3v) is 4.96. The number of carboxylic acids is 1. The number of rotatable bonds is 5. The number of benzene rings is 1. The minimum Gasteiger partial charge on any atom is -0.481 e. The first-order valence-electron chi connectivity index (χ1n) is 7.71. The van der Waals surface area contributed by atoms with Gasteiger partial charge in [-0.05, 0) is 24.5 Å². The van der Waals surface area contributed by atoms with Crippen LogP contribution in [0.3, 0.4) is 0 Å². The SMILES string of the molecule is O=C(O)C1CCC(=O)N(CCc2ccccc2F)C1c1cscn1. The molecule has 126 valence electrons. The molecule has 3 rings (SSSR count). The lowest BCUT2D eigenvalue weighted by Gasteiger charge is -2.38. The first-order valence-corrected chi connectivity index (χ1v) is 8.66. The van der Waals surface area contributed by atoms with Crippen LogP contribution in [-0.2, 0) is 16.0 Å². The van der Waals surface area contributed by atoms with Gasteiger partial charge < -0.3 is 10.0 Å². The average Bonchev–Trinajstić information content (AvgIpc) is 3.08. The highest BCUT2D eigenvalue weighted by Crippen LogP contribution is 2.36. The first kappa shape index (κ1) is 16.6. The predicted octanol–water partition coefficient (Wildman–Crippen LogP) is 2.89. The fourth-order valence-electron chi connectivity index (χ4n) is 3.15. The molecule has 0 bridgehead atoms. The number of halogens is 1. The van der Waals surface area contributed by atoms with Crippen LogP contribution >= 0.6 is 11.3 Å². The maximum atomic E-state index is 13.8. The topological polar surface area (TPSA) is 70.5 Å². The lowest BCUT2D eigenvalue weighted by atomic mass is 9.86. The fourth-order valence-corrected chi connectivity index (χ4v) is 3.73. The Bertz CT molecular complexity index is 735. The molecule has 2 unspecified atom stereocenters. The second-order valence-electron chi connectivity index (χ2n) is 5.77. The predicted molar refractivity (Wildman–Crippen MR) is 87.0 cm³/mol. The summed E-state index contributed by atoms with van der Waals surface area (Å²) in [6.45, 7) is 0.270. The largest absolute Gasteiger partial charge is 0.481 e. The molecule has 0 spiro atoms. The van der Waals surface area contributed by atoms with Gasteiger partial charge >= 0.3 is 5.97 Å². The maximum Gasteiger partial charge on any atom is 0.309 e. The summed E-state index contributed by atoms with van der Waals surface area (Å²) < 4.78 is 13.8. The number of carbonyl (C=O) groups is 2. The summed E-state index contributed by atoms with van der Waals surface area (Å²) in [4.78, 5) is 29.8. The Morgan fingerprint density at radius 2 is 2.21 bits per heavy atom. The number of aliphatic carboxylic acids is 1.